The van der Waals surface area contributed by atoms with Gasteiger partial charge in [-0.3, -0.25) is 4.79 Å². The second-order valence-electron chi connectivity index (χ2n) is 3.34. The molecule has 0 heterocycles. The predicted molar refractivity (Wildman–Crippen MR) is 47.7 cm³/mol. The van der Waals surface area contributed by atoms with E-state index in [9.17, 15) is 9.90 Å². The van der Waals surface area contributed by atoms with Crippen molar-refractivity contribution in [3.63, 3.8) is 0 Å². The van der Waals surface area contributed by atoms with Crippen LogP contribution in [0.25, 0.3) is 0 Å². The van der Waals surface area contributed by atoms with Crippen LogP contribution in [0.5, 0.6) is 0 Å². The Bertz CT molecular complexity index is 228. The van der Waals surface area contributed by atoms with Crippen LogP contribution in [-0.4, -0.2) is 17.5 Å². The molecule has 1 aliphatic rings. The van der Waals surface area contributed by atoms with E-state index in [0.717, 1.165) is 24.7 Å². The summed E-state index contributed by atoms with van der Waals surface area (Å²) in [4.78, 5) is 10.4. The Hall–Kier alpha value is -0.890. The second kappa shape index (κ2) is 3.68. The van der Waals surface area contributed by atoms with E-state index in [1.807, 2.05) is 6.92 Å². The van der Waals surface area contributed by atoms with Crippen LogP contribution in [0, 0.1) is 5.92 Å². The third kappa shape index (κ3) is 1.83. The van der Waals surface area contributed by atoms with E-state index in [1.54, 1.807) is 6.08 Å². The first-order valence-electron chi connectivity index (χ1n) is 4.14. The molecule has 1 rings (SSSR count). The molecule has 0 aromatic rings. The highest BCUT2D eigenvalue weighted by Crippen LogP contribution is 2.27. The quantitative estimate of drug-likeness (QED) is 0.498. The fourth-order valence-corrected chi connectivity index (χ4v) is 1.55. The van der Waals surface area contributed by atoms with Crippen molar-refractivity contribution in [3.8, 4) is 0 Å². The van der Waals surface area contributed by atoms with Crippen LogP contribution >= 0.6 is 0 Å². The van der Waals surface area contributed by atoms with Crippen LogP contribution in [0.3, 0.4) is 0 Å². The van der Waals surface area contributed by atoms with E-state index >= 15 is 0 Å². The molecule has 0 aromatic heterocycles. The highest BCUT2D eigenvalue weighted by molar-refractivity contribution is 5.73. The lowest BCUT2D eigenvalue weighted by atomic mass is 9.84. The van der Waals surface area contributed by atoms with Gasteiger partial charge in [0.15, 0.2) is 0 Å². The summed E-state index contributed by atoms with van der Waals surface area (Å²) in [6, 6.07) is 0. The summed E-state index contributed by atoms with van der Waals surface area (Å²) in [5.41, 5.74) is 1.70. The Balaban J connectivity index is 2.72. The monoisotopic (exact) mass is 166 g/mol. The Morgan fingerprint density at radius 2 is 2.50 bits per heavy atom. The summed E-state index contributed by atoms with van der Waals surface area (Å²) >= 11 is 0. The summed E-state index contributed by atoms with van der Waals surface area (Å²) in [6.07, 6.45) is 3.53. The number of carbonyl (C=O) groups is 1. The van der Waals surface area contributed by atoms with Crippen molar-refractivity contribution < 1.29 is 9.90 Å². The maximum Gasteiger partial charge on any atom is 0.145 e. The number of aliphatic hydroxyl groups excluding tert-OH is 1. The number of allylic oxidation sites excluding steroid dienone is 1. The van der Waals surface area contributed by atoms with E-state index < -0.39 is 6.10 Å². The molecule has 0 aromatic carbocycles. The third-order valence-corrected chi connectivity index (χ3v) is 2.33. The standard InChI is InChI=1S/C10H14O2/c1-7(2)9-4-3-8(6-11)5-10(9)12/h5-6,9-10,12H,1,3-4H2,2H3/t9-,10+/m1/s1. The lowest BCUT2D eigenvalue weighted by molar-refractivity contribution is -0.105. The van der Waals surface area contributed by atoms with Gasteiger partial charge in [0, 0.05) is 5.92 Å². The van der Waals surface area contributed by atoms with Gasteiger partial charge in [-0.05, 0) is 31.4 Å². The topological polar surface area (TPSA) is 37.3 Å². The molecule has 1 N–H and O–H groups in total. The molecule has 0 amide bonds. The molecule has 0 aliphatic heterocycles. The zero-order chi connectivity index (χ0) is 9.14. The van der Waals surface area contributed by atoms with Crippen molar-refractivity contribution in [2.24, 2.45) is 5.92 Å². The van der Waals surface area contributed by atoms with Gasteiger partial charge >= 0.3 is 0 Å². The van der Waals surface area contributed by atoms with Crippen LogP contribution in [0.2, 0.25) is 0 Å². The van der Waals surface area contributed by atoms with E-state index in [0.29, 0.717) is 5.57 Å². The summed E-state index contributed by atoms with van der Waals surface area (Å²) in [7, 11) is 0. The smallest absolute Gasteiger partial charge is 0.145 e. The molecule has 0 spiro atoms. The molecule has 1 aliphatic carbocycles. The second-order valence-corrected chi connectivity index (χ2v) is 3.34. The molecule has 2 atom stereocenters. The van der Waals surface area contributed by atoms with Crippen molar-refractivity contribution >= 4 is 6.29 Å². The maximum atomic E-state index is 10.4. The van der Waals surface area contributed by atoms with Crippen LogP contribution in [0.1, 0.15) is 19.8 Å². The summed E-state index contributed by atoms with van der Waals surface area (Å²) in [6.45, 7) is 5.71. The summed E-state index contributed by atoms with van der Waals surface area (Å²) < 4.78 is 0. The van der Waals surface area contributed by atoms with Crippen LogP contribution in [0.15, 0.2) is 23.8 Å². The summed E-state index contributed by atoms with van der Waals surface area (Å²) in [5, 5.41) is 9.54. The van der Waals surface area contributed by atoms with Crippen molar-refractivity contribution in [2.45, 2.75) is 25.9 Å². The summed E-state index contributed by atoms with van der Waals surface area (Å²) in [5.74, 6) is 0.133. The van der Waals surface area contributed by atoms with E-state index in [1.165, 1.54) is 0 Å². The highest BCUT2D eigenvalue weighted by atomic mass is 16.3. The number of hydrogen-bond acceptors (Lipinski definition) is 2. The Kier molecular flexibility index (Phi) is 2.82. The van der Waals surface area contributed by atoms with Crippen molar-refractivity contribution in [1.82, 2.24) is 0 Å². The lowest BCUT2D eigenvalue weighted by Crippen LogP contribution is -2.23. The predicted octanol–water partition coefficient (Wildman–Crippen LogP) is 1.46. The molecule has 0 saturated carbocycles. The van der Waals surface area contributed by atoms with E-state index in [2.05, 4.69) is 6.58 Å². The molecule has 2 heteroatoms. The molecule has 2 nitrogen and oxygen atoms in total. The SMILES string of the molecule is C=C(C)[C@H]1CCC(C=O)=C[C@@H]1O. The van der Waals surface area contributed by atoms with Crippen LogP contribution in [0.4, 0.5) is 0 Å². The number of rotatable bonds is 2. The molecule has 12 heavy (non-hydrogen) atoms. The minimum atomic E-state index is -0.517. The van der Waals surface area contributed by atoms with Gasteiger partial charge in [0.25, 0.3) is 0 Å². The zero-order valence-electron chi connectivity index (χ0n) is 7.29. The third-order valence-electron chi connectivity index (χ3n) is 2.33. The molecule has 0 bridgehead atoms. The average Bonchev–Trinajstić information content (AvgIpc) is 2.03. The average molecular weight is 166 g/mol. The van der Waals surface area contributed by atoms with Crippen LogP contribution in [-0.2, 0) is 4.79 Å². The molecule has 0 fully saturated rings. The number of hydrogen-bond donors (Lipinski definition) is 1. The lowest BCUT2D eigenvalue weighted by Gasteiger charge is -2.25. The van der Waals surface area contributed by atoms with E-state index in [-0.39, 0.29) is 5.92 Å². The van der Waals surface area contributed by atoms with Crippen molar-refractivity contribution in [2.75, 3.05) is 0 Å². The Labute approximate surface area is 72.6 Å². The molecular formula is C10H14O2. The molecule has 0 unspecified atom stereocenters. The first-order valence-corrected chi connectivity index (χ1v) is 4.14. The largest absolute Gasteiger partial charge is 0.388 e. The highest BCUT2D eigenvalue weighted by Gasteiger charge is 2.22. The number of carbonyl (C=O) groups excluding carboxylic acids is 1. The Morgan fingerprint density at radius 3 is 2.92 bits per heavy atom. The first-order chi connectivity index (χ1) is 5.65. The fourth-order valence-electron chi connectivity index (χ4n) is 1.55. The fraction of sp³-hybridized carbons (Fsp3) is 0.500. The molecular weight excluding hydrogens is 152 g/mol. The first kappa shape index (κ1) is 9.20. The zero-order valence-corrected chi connectivity index (χ0v) is 7.29. The van der Waals surface area contributed by atoms with Gasteiger partial charge in [-0.25, -0.2) is 0 Å². The van der Waals surface area contributed by atoms with Gasteiger partial charge in [-0.15, -0.1) is 0 Å². The van der Waals surface area contributed by atoms with Gasteiger partial charge in [0.2, 0.25) is 0 Å². The Morgan fingerprint density at radius 1 is 1.83 bits per heavy atom. The number of aliphatic hydroxyl groups is 1. The van der Waals surface area contributed by atoms with Gasteiger partial charge in [0.1, 0.15) is 6.29 Å². The van der Waals surface area contributed by atoms with Crippen molar-refractivity contribution in [3.05, 3.63) is 23.8 Å². The molecule has 0 saturated heterocycles. The van der Waals surface area contributed by atoms with E-state index in [4.69, 9.17) is 0 Å². The maximum absolute atomic E-state index is 10.4. The van der Waals surface area contributed by atoms with Crippen LogP contribution < -0.4 is 0 Å². The molecule has 66 valence electrons. The number of aldehydes is 1. The minimum absolute atomic E-state index is 0.133. The van der Waals surface area contributed by atoms with Gasteiger partial charge < -0.3 is 5.11 Å². The van der Waals surface area contributed by atoms with Gasteiger partial charge in [-0.2, -0.15) is 0 Å². The van der Waals surface area contributed by atoms with Gasteiger partial charge in [0.05, 0.1) is 6.10 Å². The molecule has 0 radical (unpaired) electrons. The normalized spacial score (nSPS) is 29.3. The van der Waals surface area contributed by atoms with Crippen molar-refractivity contribution in [1.29, 1.82) is 0 Å². The minimum Gasteiger partial charge on any atom is -0.388 e. The van der Waals surface area contributed by atoms with Gasteiger partial charge in [-0.1, -0.05) is 12.2 Å².